The molecule has 3 amide bonds. The van der Waals surface area contributed by atoms with E-state index in [-0.39, 0.29) is 37.8 Å². The van der Waals surface area contributed by atoms with Gasteiger partial charge < -0.3 is 34.9 Å². The molecule has 0 radical (unpaired) electrons. The lowest BCUT2D eigenvalue weighted by atomic mass is 9.95. The van der Waals surface area contributed by atoms with Gasteiger partial charge in [0.2, 0.25) is 5.91 Å². The monoisotopic (exact) mass is 551 g/mol. The maximum Gasteiger partial charge on any atom is 0.416 e. The fraction of sp³-hybridized carbons (Fsp3) is 0.481. The number of para-hydroxylation sites is 1. The van der Waals surface area contributed by atoms with Crippen molar-refractivity contribution < 1.29 is 42.1 Å². The van der Waals surface area contributed by atoms with Crippen LogP contribution in [0.2, 0.25) is 0 Å². The summed E-state index contributed by atoms with van der Waals surface area (Å²) < 4.78 is 55.7. The van der Waals surface area contributed by atoms with Crippen molar-refractivity contribution in [3.8, 4) is 5.75 Å². The summed E-state index contributed by atoms with van der Waals surface area (Å²) >= 11 is 0. The molecule has 3 N–H and O–H groups in total. The molecular formula is C27H32F3N3O6. The summed E-state index contributed by atoms with van der Waals surface area (Å²) in [6, 6.07) is 10.5. The minimum Gasteiger partial charge on any atom is -0.496 e. The molecule has 0 aliphatic carbocycles. The van der Waals surface area contributed by atoms with Gasteiger partial charge in [0.25, 0.3) is 0 Å². The highest BCUT2D eigenvalue weighted by Crippen LogP contribution is 2.31. The number of urea groups is 1. The molecule has 0 spiro atoms. The number of alkyl halides is 3. The molecule has 0 bridgehead atoms. The second kappa shape index (κ2) is 12.7. The Labute approximate surface area is 224 Å². The third-order valence-electron chi connectivity index (χ3n) is 6.79. The van der Waals surface area contributed by atoms with Gasteiger partial charge in [0.05, 0.1) is 57.1 Å². The Bertz CT molecular complexity index is 1130. The topological polar surface area (TPSA) is 109 Å². The number of fused-ring (bicyclic) bond motifs is 1. The van der Waals surface area contributed by atoms with E-state index in [0.717, 1.165) is 17.7 Å². The molecule has 12 heteroatoms. The van der Waals surface area contributed by atoms with Gasteiger partial charge in [-0.05, 0) is 43.2 Å². The van der Waals surface area contributed by atoms with Gasteiger partial charge in [-0.1, -0.05) is 18.2 Å². The van der Waals surface area contributed by atoms with Gasteiger partial charge in [0, 0.05) is 17.8 Å². The van der Waals surface area contributed by atoms with Crippen molar-refractivity contribution in [1.29, 1.82) is 0 Å². The zero-order valence-corrected chi connectivity index (χ0v) is 21.4. The first kappa shape index (κ1) is 28.7. The molecule has 0 unspecified atom stereocenters. The minimum atomic E-state index is -4.48. The van der Waals surface area contributed by atoms with Crippen LogP contribution in [0, 0.1) is 0 Å². The van der Waals surface area contributed by atoms with Crippen molar-refractivity contribution in [2.24, 2.45) is 0 Å². The summed E-state index contributed by atoms with van der Waals surface area (Å²) in [4.78, 5) is 27.2. The van der Waals surface area contributed by atoms with Crippen molar-refractivity contribution in [3.05, 3.63) is 59.7 Å². The van der Waals surface area contributed by atoms with Crippen molar-refractivity contribution >= 4 is 17.6 Å². The van der Waals surface area contributed by atoms with Gasteiger partial charge in [-0.3, -0.25) is 4.79 Å². The Morgan fingerprint density at radius 1 is 1.10 bits per heavy atom. The highest BCUT2D eigenvalue weighted by Gasteiger charge is 2.40. The first-order chi connectivity index (χ1) is 18.6. The molecule has 2 fully saturated rings. The van der Waals surface area contributed by atoms with E-state index in [0.29, 0.717) is 25.1 Å². The Hall–Kier alpha value is -3.35. The predicted octanol–water partition coefficient (Wildman–Crippen LogP) is 3.56. The molecule has 2 heterocycles. The molecule has 39 heavy (non-hydrogen) atoms. The van der Waals surface area contributed by atoms with Crippen molar-refractivity contribution in [1.82, 2.24) is 10.2 Å². The van der Waals surface area contributed by atoms with Crippen molar-refractivity contribution in [2.75, 3.05) is 32.2 Å². The molecule has 2 aromatic rings. The highest BCUT2D eigenvalue weighted by molar-refractivity contribution is 5.89. The third-order valence-corrected chi connectivity index (χ3v) is 6.79. The smallest absolute Gasteiger partial charge is 0.416 e. The van der Waals surface area contributed by atoms with E-state index < -0.39 is 42.1 Å². The SMILES string of the molecule is COc1ccccc1CNC(=O)C[C@@H]1CC[C@@H]2[C@H](COC[C@H](O)CN2C(=O)Nc2ccc(C(F)(F)F)cc2)O1. The number of rotatable bonds is 6. The molecule has 9 nitrogen and oxygen atoms in total. The molecular weight excluding hydrogens is 519 g/mol. The number of β-amino-alcohol motifs (C(OH)–C–C–N with tert-alkyl or cyclic N) is 1. The first-order valence-electron chi connectivity index (χ1n) is 12.7. The number of aliphatic hydroxyl groups is 1. The van der Waals surface area contributed by atoms with Crippen LogP contribution < -0.4 is 15.4 Å². The molecule has 4 atom stereocenters. The number of nitrogens with one attached hydrogen (secondary N) is 2. The molecule has 2 saturated heterocycles. The quantitative estimate of drug-likeness (QED) is 0.507. The number of methoxy groups -OCH3 is 1. The number of ether oxygens (including phenoxy) is 3. The molecule has 2 aliphatic heterocycles. The number of amides is 3. The summed E-state index contributed by atoms with van der Waals surface area (Å²) in [7, 11) is 1.57. The lowest BCUT2D eigenvalue weighted by Gasteiger charge is -2.44. The van der Waals surface area contributed by atoms with Crippen LogP contribution in [0.1, 0.15) is 30.4 Å². The van der Waals surface area contributed by atoms with Crippen LogP contribution in [0.25, 0.3) is 0 Å². The van der Waals surface area contributed by atoms with Crippen LogP contribution in [-0.4, -0.2) is 73.2 Å². The number of anilines is 1. The maximum atomic E-state index is 13.2. The van der Waals surface area contributed by atoms with E-state index in [9.17, 15) is 27.9 Å². The molecule has 2 aliphatic rings. The Morgan fingerprint density at radius 2 is 1.85 bits per heavy atom. The fourth-order valence-corrected chi connectivity index (χ4v) is 4.83. The molecule has 2 aromatic carbocycles. The van der Waals surface area contributed by atoms with Crippen molar-refractivity contribution in [2.45, 2.75) is 56.3 Å². The van der Waals surface area contributed by atoms with Gasteiger partial charge in [0.15, 0.2) is 0 Å². The average Bonchev–Trinajstić information content (AvgIpc) is 2.90. The minimum absolute atomic E-state index is 0.0132. The van der Waals surface area contributed by atoms with Gasteiger partial charge in [-0.25, -0.2) is 4.79 Å². The van der Waals surface area contributed by atoms with Gasteiger partial charge in [0.1, 0.15) is 11.9 Å². The molecule has 0 aromatic heterocycles. The second-order valence-corrected chi connectivity index (χ2v) is 9.58. The number of halogens is 3. The first-order valence-corrected chi connectivity index (χ1v) is 12.7. The third kappa shape index (κ3) is 7.61. The summed E-state index contributed by atoms with van der Waals surface area (Å²) in [5.41, 5.74) is 0.219. The Kier molecular flexibility index (Phi) is 9.31. The highest BCUT2D eigenvalue weighted by atomic mass is 19.4. The largest absolute Gasteiger partial charge is 0.496 e. The maximum absolute atomic E-state index is 13.2. The summed E-state index contributed by atoms with van der Waals surface area (Å²) in [5, 5.41) is 15.8. The van der Waals surface area contributed by atoms with E-state index in [1.165, 1.54) is 17.0 Å². The lowest BCUT2D eigenvalue weighted by Crippen LogP contribution is -2.58. The average molecular weight is 552 g/mol. The zero-order valence-electron chi connectivity index (χ0n) is 21.4. The van der Waals surface area contributed by atoms with E-state index in [4.69, 9.17) is 14.2 Å². The van der Waals surface area contributed by atoms with Crippen LogP contribution in [0.15, 0.2) is 48.5 Å². The second-order valence-electron chi connectivity index (χ2n) is 9.58. The number of nitrogens with zero attached hydrogens (tertiary/aromatic N) is 1. The van der Waals surface area contributed by atoms with Crippen molar-refractivity contribution in [3.63, 3.8) is 0 Å². The van der Waals surface area contributed by atoms with Crippen LogP contribution >= 0.6 is 0 Å². The molecule has 4 rings (SSSR count). The number of hydrogen-bond acceptors (Lipinski definition) is 6. The van der Waals surface area contributed by atoms with Crippen LogP contribution in [-0.2, 0) is 27.0 Å². The fourth-order valence-electron chi connectivity index (χ4n) is 4.83. The molecule has 212 valence electrons. The van der Waals surface area contributed by atoms with Crippen LogP contribution in [0.5, 0.6) is 5.75 Å². The Morgan fingerprint density at radius 3 is 2.56 bits per heavy atom. The number of aliphatic hydroxyl groups excluding tert-OH is 1. The predicted molar refractivity (Wildman–Crippen MR) is 135 cm³/mol. The zero-order chi connectivity index (χ0) is 28.0. The number of carbonyl (C=O) groups excluding carboxylic acids is 2. The van der Waals surface area contributed by atoms with Crippen LogP contribution in [0.4, 0.5) is 23.7 Å². The number of hydrogen-bond donors (Lipinski definition) is 3. The van der Waals surface area contributed by atoms with Gasteiger partial charge in [-0.2, -0.15) is 13.2 Å². The van der Waals surface area contributed by atoms with E-state index in [1.54, 1.807) is 7.11 Å². The number of benzene rings is 2. The summed E-state index contributed by atoms with van der Waals surface area (Å²) in [6.07, 6.45) is -5.26. The van der Waals surface area contributed by atoms with E-state index >= 15 is 0 Å². The van der Waals surface area contributed by atoms with E-state index in [1.807, 2.05) is 24.3 Å². The lowest BCUT2D eigenvalue weighted by molar-refractivity contribution is -0.149. The summed E-state index contributed by atoms with van der Waals surface area (Å²) in [5.74, 6) is 0.488. The van der Waals surface area contributed by atoms with E-state index in [2.05, 4.69) is 10.6 Å². The normalized spacial score (nSPS) is 23.7. The summed E-state index contributed by atoms with van der Waals surface area (Å²) in [6.45, 7) is 0.368. The van der Waals surface area contributed by atoms with Crippen LogP contribution in [0.3, 0.4) is 0 Å². The van der Waals surface area contributed by atoms with Gasteiger partial charge >= 0.3 is 12.2 Å². The Balaban J connectivity index is 1.36. The molecule has 0 saturated carbocycles. The number of carbonyl (C=O) groups is 2. The van der Waals surface area contributed by atoms with Gasteiger partial charge in [-0.15, -0.1) is 0 Å². The standard InChI is InChI=1S/C27H32F3N3O6/c1-37-23-5-3-2-4-17(23)13-31-25(35)12-21-10-11-22-24(39-21)16-38-15-20(34)14-33(22)26(36)32-19-8-6-18(7-9-19)27(28,29)30/h2-9,20-22,24,34H,10-16H2,1H3,(H,31,35)(H,32,36)/t20-,21+,22-,24+/m1/s1.